The predicted molar refractivity (Wildman–Crippen MR) is 120 cm³/mol. The molecule has 3 rings (SSSR count). The summed E-state index contributed by atoms with van der Waals surface area (Å²) < 4.78 is 5.47. The summed E-state index contributed by atoms with van der Waals surface area (Å²) >= 11 is 6.46. The number of methoxy groups -OCH3 is 1. The summed E-state index contributed by atoms with van der Waals surface area (Å²) in [6.45, 7) is 0. The van der Waals surface area contributed by atoms with Crippen LogP contribution in [0.2, 0.25) is 0 Å². The molecule has 2 aromatic carbocycles. The van der Waals surface area contributed by atoms with Crippen LogP contribution < -0.4 is 9.64 Å². The van der Waals surface area contributed by atoms with Crippen LogP contribution in [-0.4, -0.2) is 28.4 Å². The fraction of sp³-hybridized carbons (Fsp3) is 0.0909. The van der Waals surface area contributed by atoms with Crippen LogP contribution in [0.4, 0.5) is 5.69 Å². The fourth-order valence-corrected chi connectivity index (χ4v) is 4.04. The van der Waals surface area contributed by atoms with Gasteiger partial charge in [0.05, 0.1) is 35.8 Å². The Morgan fingerprint density at radius 1 is 1.23 bits per heavy atom. The van der Waals surface area contributed by atoms with Crippen LogP contribution in [-0.2, 0) is 16.0 Å². The lowest BCUT2D eigenvalue weighted by atomic mass is 10.1. The average molecular weight is 437 g/mol. The Kier molecular flexibility index (Phi) is 6.67. The predicted octanol–water partition coefficient (Wildman–Crippen LogP) is 4.18. The lowest BCUT2D eigenvalue weighted by molar-refractivity contribution is -0.136. The Bertz CT molecular complexity index is 1100. The molecule has 0 bridgehead atoms. The highest BCUT2D eigenvalue weighted by Crippen LogP contribution is 2.35. The van der Waals surface area contributed by atoms with E-state index in [0.29, 0.717) is 31.8 Å². The van der Waals surface area contributed by atoms with Gasteiger partial charge in [-0.2, -0.15) is 5.26 Å². The van der Waals surface area contributed by atoms with Gasteiger partial charge >= 0.3 is 5.97 Å². The van der Waals surface area contributed by atoms with E-state index in [4.69, 9.17) is 22.1 Å². The molecule has 0 aromatic heterocycles. The van der Waals surface area contributed by atoms with E-state index < -0.39 is 5.97 Å². The third-order valence-electron chi connectivity index (χ3n) is 4.20. The maximum absolute atomic E-state index is 12.9. The normalized spacial score (nSPS) is 15.4. The first-order chi connectivity index (χ1) is 14.4. The number of aliphatic carboxylic acids is 1. The first-order valence-electron chi connectivity index (χ1n) is 8.76. The first kappa shape index (κ1) is 21.3. The third kappa shape index (κ3) is 4.95. The topological polar surface area (TPSA) is 90.6 Å². The number of carboxylic acids is 1. The highest BCUT2D eigenvalue weighted by molar-refractivity contribution is 8.27. The number of thiocarbonyl (C=S) groups is 1. The number of anilines is 1. The standard InChI is InChI=1S/C22H16N2O4S2/c1-28-18-8-4-14(5-9-18)10-16(13-23)11-19-21(27)24(22(29)30-19)17-6-2-15(3-7-17)12-20(25)26/h2-11H,12H2,1H3,(H,25,26)/b16-10-,19-11-. The van der Waals surface area contributed by atoms with Gasteiger partial charge in [-0.1, -0.05) is 48.2 Å². The number of carboxylic acid groups (broad SMARTS) is 1. The monoisotopic (exact) mass is 436 g/mol. The zero-order valence-electron chi connectivity index (χ0n) is 15.9. The van der Waals surface area contributed by atoms with Gasteiger partial charge in [-0.25, -0.2) is 0 Å². The van der Waals surface area contributed by atoms with Crippen LogP contribution in [0.25, 0.3) is 6.08 Å². The van der Waals surface area contributed by atoms with E-state index in [1.54, 1.807) is 49.6 Å². The summed E-state index contributed by atoms with van der Waals surface area (Å²) in [7, 11) is 1.58. The summed E-state index contributed by atoms with van der Waals surface area (Å²) in [5.41, 5.74) is 2.29. The molecule has 0 spiro atoms. The third-order valence-corrected chi connectivity index (χ3v) is 5.50. The highest BCUT2D eigenvalue weighted by atomic mass is 32.2. The number of nitriles is 1. The maximum Gasteiger partial charge on any atom is 0.307 e. The summed E-state index contributed by atoms with van der Waals surface area (Å²) in [6.07, 6.45) is 3.09. The van der Waals surface area contributed by atoms with Crippen molar-refractivity contribution < 1.29 is 19.4 Å². The molecule has 6 nitrogen and oxygen atoms in total. The van der Waals surface area contributed by atoms with Crippen LogP contribution in [0.1, 0.15) is 11.1 Å². The number of thioether (sulfide) groups is 1. The Hall–Kier alpha value is -3.41. The Morgan fingerprint density at radius 2 is 1.90 bits per heavy atom. The van der Waals surface area contributed by atoms with E-state index >= 15 is 0 Å². The van der Waals surface area contributed by atoms with Crippen molar-refractivity contribution in [1.29, 1.82) is 5.26 Å². The van der Waals surface area contributed by atoms with Crippen molar-refractivity contribution in [2.75, 3.05) is 12.0 Å². The minimum atomic E-state index is -0.927. The van der Waals surface area contributed by atoms with Crippen LogP contribution in [0, 0.1) is 11.3 Å². The maximum atomic E-state index is 12.9. The molecule has 1 aliphatic rings. The number of carbonyl (C=O) groups excluding carboxylic acids is 1. The molecule has 1 fully saturated rings. The van der Waals surface area contributed by atoms with Gasteiger partial charge in [0.15, 0.2) is 4.32 Å². The zero-order chi connectivity index (χ0) is 21.7. The second-order valence-electron chi connectivity index (χ2n) is 6.24. The lowest BCUT2D eigenvalue weighted by Gasteiger charge is -2.14. The van der Waals surface area contributed by atoms with Crippen molar-refractivity contribution >= 4 is 51.9 Å². The summed E-state index contributed by atoms with van der Waals surface area (Å²) in [5, 5.41) is 18.4. The second-order valence-corrected chi connectivity index (χ2v) is 7.91. The van der Waals surface area contributed by atoms with Crippen molar-refractivity contribution in [2.45, 2.75) is 6.42 Å². The summed E-state index contributed by atoms with van der Waals surface area (Å²) in [5.74, 6) is -0.545. The molecular weight excluding hydrogens is 420 g/mol. The fourth-order valence-electron chi connectivity index (χ4n) is 2.75. The van der Waals surface area contributed by atoms with Crippen molar-refractivity contribution in [1.82, 2.24) is 0 Å². The van der Waals surface area contributed by atoms with Crippen LogP contribution >= 0.6 is 24.0 Å². The molecule has 0 saturated carbocycles. The number of hydrogen-bond acceptors (Lipinski definition) is 6. The van der Waals surface area contributed by atoms with Gasteiger partial charge in [-0.05, 0) is 47.5 Å². The quantitative estimate of drug-likeness (QED) is 0.413. The minimum Gasteiger partial charge on any atom is -0.497 e. The first-order valence-corrected chi connectivity index (χ1v) is 9.98. The Balaban J connectivity index is 1.83. The van der Waals surface area contributed by atoms with Gasteiger partial charge in [0, 0.05) is 0 Å². The van der Waals surface area contributed by atoms with E-state index in [0.717, 1.165) is 17.3 Å². The van der Waals surface area contributed by atoms with Gasteiger partial charge in [0.1, 0.15) is 5.75 Å². The van der Waals surface area contributed by atoms with Gasteiger partial charge in [-0.15, -0.1) is 0 Å². The average Bonchev–Trinajstić information content (AvgIpc) is 3.01. The Labute approximate surface area is 183 Å². The number of benzene rings is 2. The van der Waals surface area contributed by atoms with E-state index in [1.165, 1.54) is 11.0 Å². The van der Waals surface area contributed by atoms with Crippen molar-refractivity contribution in [3.8, 4) is 11.8 Å². The molecular formula is C22H16N2O4S2. The van der Waals surface area contributed by atoms with Gasteiger partial charge in [-0.3, -0.25) is 14.5 Å². The Morgan fingerprint density at radius 3 is 2.47 bits per heavy atom. The summed E-state index contributed by atoms with van der Waals surface area (Å²) in [6, 6.07) is 15.9. The van der Waals surface area contributed by atoms with Crippen LogP contribution in [0.5, 0.6) is 5.75 Å². The minimum absolute atomic E-state index is 0.0970. The number of ether oxygens (including phenoxy) is 1. The molecule has 0 radical (unpaired) electrons. The second kappa shape index (κ2) is 9.39. The van der Waals surface area contributed by atoms with Crippen molar-refractivity contribution in [3.05, 3.63) is 76.2 Å². The smallest absolute Gasteiger partial charge is 0.307 e. The lowest BCUT2D eigenvalue weighted by Crippen LogP contribution is -2.27. The number of nitrogens with zero attached hydrogens (tertiary/aromatic N) is 2. The SMILES string of the molecule is COc1ccc(/C=C(C#N)/C=C2\SC(=S)N(c3ccc(CC(=O)O)cc3)C2=O)cc1. The molecule has 1 amide bonds. The van der Waals surface area contributed by atoms with Gasteiger partial charge in [0.2, 0.25) is 0 Å². The largest absolute Gasteiger partial charge is 0.497 e. The number of allylic oxidation sites excluding steroid dienone is 2. The zero-order valence-corrected chi connectivity index (χ0v) is 17.5. The number of carbonyl (C=O) groups is 2. The molecule has 0 atom stereocenters. The number of rotatable bonds is 6. The van der Waals surface area contributed by atoms with Crippen molar-refractivity contribution in [2.24, 2.45) is 0 Å². The van der Waals surface area contributed by atoms with Crippen molar-refractivity contribution in [3.63, 3.8) is 0 Å². The molecule has 1 saturated heterocycles. The van der Waals surface area contributed by atoms with Gasteiger partial charge in [0.25, 0.3) is 5.91 Å². The molecule has 0 aliphatic carbocycles. The van der Waals surface area contributed by atoms with E-state index in [9.17, 15) is 14.9 Å². The number of hydrogen-bond donors (Lipinski definition) is 1. The molecule has 30 heavy (non-hydrogen) atoms. The van der Waals surface area contributed by atoms with Crippen LogP contribution in [0.3, 0.4) is 0 Å². The van der Waals surface area contributed by atoms with E-state index in [1.807, 2.05) is 12.1 Å². The van der Waals surface area contributed by atoms with Gasteiger partial charge < -0.3 is 9.84 Å². The van der Waals surface area contributed by atoms with E-state index in [2.05, 4.69) is 6.07 Å². The number of amides is 1. The molecule has 0 unspecified atom stereocenters. The summed E-state index contributed by atoms with van der Waals surface area (Å²) in [4.78, 5) is 25.4. The molecule has 1 aliphatic heterocycles. The molecule has 8 heteroatoms. The molecule has 1 N–H and O–H groups in total. The molecule has 1 heterocycles. The molecule has 2 aromatic rings. The molecule has 150 valence electrons. The van der Waals surface area contributed by atoms with Crippen LogP contribution in [0.15, 0.2) is 65.1 Å². The highest BCUT2D eigenvalue weighted by Gasteiger charge is 2.33. The van der Waals surface area contributed by atoms with E-state index in [-0.39, 0.29) is 12.3 Å².